The quantitative estimate of drug-likeness (QED) is 0.673. The van der Waals surface area contributed by atoms with Gasteiger partial charge in [0.25, 0.3) is 5.91 Å². The SMILES string of the molecule is COC(=O)c1c(NC(=O)COC(=O)C2CC2)sc(C)c1Cc1ccc2c(c1)OCO2. The fraction of sp³-hybridized carbons (Fsp3) is 0.381. The number of hydrogen-bond donors (Lipinski definition) is 1. The van der Waals surface area contributed by atoms with E-state index < -0.39 is 11.9 Å². The fourth-order valence-electron chi connectivity index (χ4n) is 3.19. The number of carbonyl (C=O) groups excluding carboxylic acids is 3. The first kappa shape index (κ1) is 20.2. The van der Waals surface area contributed by atoms with Gasteiger partial charge in [-0.15, -0.1) is 11.3 Å². The summed E-state index contributed by atoms with van der Waals surface area (Å²) in [6, 6.07) is 5.60. The first-order valence-electron chi connectivity index (χ1n) is 9.52. The Balaban J connectivity index is 1.53. The largest absolute Gasteiger partial charge is 0.465 e. The predicted octanol–water partition coefficient (Wildman–Crippen LogP) is 3.05. The Hall–Kier alpha value is -3.07. The van der Waals surface area contributed by atoms with Crippen molar-refractivity contribution in [1.29, 1.82) is 0 Å². The smallest absolute Gasteiger partial charge is 0.341 e. The highest BCUT2D eigenvalue weighted by atomic mass is 32.1. The second kappa shape index (κ2) is 8.35. The minimum absolute atomic E-state index is 0.0827. The Kier molecular flexibility index (Phi) is 5.63. The van der Waals surface area contributed by atoms with Crippen LogP contribution in [0.5, 0.6) is 11.5 Å². The Bertz CT molecular complexity index is 1010. The summed E-state index contributed by atoms with van der Waals surface area (Å²) in [5.41, 5.74) is 2.00. The number of ether oxygens (including phenoxy) is 4. The van der Waals surface area contributed by atoms with Gasteiger partial charge in [0.1, 0.15) is 5.00 Å². The lowest BCUT2D eigenvalue weighted by Crippen LogP contribution is -2.22. The van der Waals surface area contributed by atoms with Crippen LogP contribution in [-0.2, 0) is 25.5 Å². The third-order valence-corrected chi connectivity index (χ3v) is 5.99. The topological polar surface area (TPSA) is 100 Å². The van der Waals surface area contributed by atoms with E-state index >= 15 is 0 Å². The van der Waals surface area contributed by atoms with Crippen LogP contribution in [0.3, 0.4) is 0 Å². The van der Waals surface area contributed by atoms with Crippen molar-refractivity contribution >= 4 is 34.2 Å². The summed E-state index contributed by atoms with van der Waals surface area (Å²) in [4.78, 5) is 37.3. The van der Waals surface area contributed by atoms with Crippen LogP contribution in [0.15, 0.2) is 18.2 Å². The number of aryl methyl sites for hydroxylation is 1. The molecule has 0 saturated heterocycles. The van der Waals surface area contributed by atoms with Crippen molar-refractivity contribution in [3.8, 4) is 11.5 Å². The van der Waals surface area contributed by atoms with Crippen LogP contribution < -0.4 is 14.8 Å². The number of amides is 1. The van der Waals surface area contributed by atoms with Crippen LogP contribution in [0.1, 0.15) is 39.2 Å². The highest BCUT2D eigenvalue weighted by molar-refractivity contribution is 7.16. The van der Waals surface area contributed by atoms with E-state index in [1.807, 2.05) is 25.1 Å². The van der Waals surface area contributed by atoms with E-state index in [4.69, 9.17) is 18.9 Å². The molecule has 8 nitrogen and oxygen atoms in total. The number of esters is 2. The molecule has 2 aromatic rings. The van der Waals surface area contributed by atoms with E-state index in [-0.39, 0.29) is 25.3 Å². The summed E-state index contributed by atoms with van der Waals surface area (Å²) in [7, 11) is 1.29. The van der Waals surface area contributed by atoms with Crippen LogP contribution in [0.25, 0.3) is 0 Å². The molecule has 1 aromatic carbocycles. The number of nitrogens with one attached hydrogen (secondary N) is 1. The Morgan fingerprint density at radius 2 is 1.97 bits per heavy atom. The lowest BCUT2D eigenvalue weighted by Gasteiger charge is -2.09. The molecule has 1 saturated carbocycles. The summed E-state index contributed by atoms with van der Waals surface area (Å²) < 4.78 is 20.7. The molecular formula is C21H21NO7S. The predicted molar refractivity (Wildman–Crippen MR) is 108 cm³/mol. The van der Waals surface area contributed by atoms with E-state index in [0.717, 1.165) is 28.8 Å². The van der Waals surface area contributed by atoms with Crippen molar-refractivity contribution in [2.75, 3.05) is 25.8 Å². The van der Waals surface area contributed by atoms with Crippen molar-refractivity contribution in [3.05, 3.63) is 39.8 Å². The zero-order chi connectivity index (χ0) is 21.3. The summed E-state index contributed by atoms with van der Waals surface area (Å²) in [5.74, 6) is -0.135. The first-order valence-corrected chi connectivity index (χ1v) is 10.3. The molecule has 0 bridgehead atoms. The summed E-state index contributed by atoms with van der Waals surface area (Å²) in [6.07, 6.45) is 2.07. The van der Waals surface area contributed by atoms with Gasteiger partial charge in [0.2, 0.25) is 6.79 Å². The standard InChI is InChI=1S/C21H21NO7S/c1-11-14(7-12-3-6-15-16(8-12)29-10-28-15)18(21(25)26-2)19(30-11)22-17(23)9-27-20(24)13-4-5-13/h3,6,8,13H,4-5,7,9-10H2,1-2H3,(H,22,23). The Labute approximate surface area is 177 Å². The van der Waals surface area contributed by atoms with Crippen LogP contribution in [0.2, 0.25) is 0 Å². The minimum Gasteiger partial charge on any atom is -0.465 e. The van der Waals surface area contributed by atoms with Gasteiger partial charge in [0.15, 0.2) is 18.1 Å². The van der Waals surface area contributed by atoms with Crippen molar-refractivity contribution in [2.24, 2.45) is 5.92 Å². The molecule has 1 aromatic heterocycles. The maximum absolute atomic E-state index is 12.5. The summed E-state index contributed by atoms with van der Waals surface area (Å²) in [5, 5.41) is 3.06. The average molecular weight is 431 g/mol. The van der Waals surface area contributed by atoms with Crippen LogP contribution in [-0.4, -0.2) is 38.4 Å². The van der Waals surface area contributed by atoms with Crippen molar-refractivity contribution < 1.29 is 33.3 Å². The molecule has 2 aliphatic rings. The van der Waals surface area contributed by atoms with Gasteiger partial charge in [-0.2, -0.15) is 0 Å². The Morgan fingerprint density at radius 1 is 1.20 bits per heavy atom. The highest BCUT2D eigenvalue weighted by Crippen LogP contribution is 2.37. The molecule has 0 unspecified atom stereocenters. The van der Waals surface area contributed by atoms with E-state index in [1.165, 1.54) is 18.4 Å². The summed E-state index contributed by atoms with van der Waals surface area (Å²) >= 11 is 1.28. The monoisotopic (exact) mass is 431 g/mol. The number of methoxy groups -OCH3 is 1. The van der Waals surface area contributed by atoms with E-state index in [1.54, 1.807) is 0 Å². The molecule has 158 valence electrons. The molecule has 0 spiro atoms. The zero-order valence-electron chi connectivity index (χ0n) is 16.6. The number of carbonyl (C=O) groups is 3. The molecule has 30 heavy (non-hydrogen) atoms. The highest BCUT2D eigenvalue weighted by Gasteiger charge is 2.32. The molecule has 0 radical (unpaired) electrons. The van der Waals surface area contributed by atoms with Gasteiger partial charge in [0, 0.05) is 4.88 Å². The first-order chi connectivity index (χ1) is 14.5. The Morgan fingerprint density at radius 3 is 2.70 bits per heavy atom. The van der Waals surface area contributed by atoms with Gasteiger partial charge < -0.3 is 24.3 Å². The van der Waals surface area contributed by atoms with Crippen LogP contribution in [0, 0.1) is 12.8 Å². The van der Waals surface area contributed by atoms with Crippen LogP contribution in [0.4, 0.5) is 5.00 Å². The number of rotatable bonds is 7. The molecule has 1 fully saturated rings. The second-order valence-electron chi connectivity index (χ2n) is 7.13. The van der Waals surface area contributed by atoms with Gasteiger partial charge >= 0.3 is 11.9 Å². The molecule has 2 heterocycles. The van der Waals surface area contributed by atoms with Crippen molar-refractivity contribution in [3.63, 3.8) is 0 Å². The van der Waals surface area contributed by atoms with E-state index in [9.17, 15) is 14.4 Å². The van der Waals surface area contributed by atoms with Crippen LogP contribution >= 0.6 is 11.3 Å². The third-order valence-electron chi connectivity index (χ3n) is 4.93. The molecule has 4 rings (SSSR count). The van der Waals surface area contributed by atoms with Crippen molar-refractivity contribution in [1.82, 2.24) is 0 Å². The summed E-state index contributed by atoms with van der Waals surface area (Å²) in [6.45, 7) is 1.68. The lowest BCUT2D eigenvalue weighted by molar-refractivity contribution is -0.148. The lowest BCUT2D eigenvalue weighted by atomic mass is 10.0. The maximum atomic E-state index is 12.5. The van der Waals surface area contributed by atoms with Gasteiger partial charge in [-0.25, -0.2) is 4.79 Å². The number of thiophene rings is 1. The maximum Gasteiger partial charge on any atom is 0.341 e. The molecule has 9 heteroatoms. The molecular weight excluding hydrogens is 410 g/mol. The molecule has 1 aliphatic heterocycles. The van der Waals surface area contributed by atoms with Gasteiger partial charge in [-0.05, 0) is 49.4 Å². The normalized spacial score (nSPS) is 14.3. The average Bonchev–Trinajstić information content (AvgIpc) is 3.41. The van der Waals surface area contributed by atoms with E-state index in [2.05, 4.69) is 5.32 Å². The second-order valence-corrected chi connectivity index (χ2v) is 8.35. The number of benzene rings is 1. The number of fused-ring (bicyclic) bond motifs is 1. The van der Waals surface area contributed by atoms with E-state index in [0.29, 0.717) is 28.5 Å². The zero-order valence-corrected chi connectivity index (χ0v) is 17.4. The fourth-order valence-corrected chi connectivity index (χ4v) is 4.27. The van der Waals surface area contributed by atoms with Gasteiger partial charge in [0.05, 0.1) is 18.6 Å². The number of hydrogen-bond acceptors (Lipinski definition) is 8. The number of anilines is 1. The third kappa shape index (κ3) is 4.25. The minimum atomic E-state index is -0.541. The molecule has 0 atom stereocenters. The van der Waals surface area contributed by atoms with Gasteiger partial charge in [-0.1, -0.05) is 6.07 Å². The molecule has 1 N–H and O–H groups in total. The van der Waals surface area contributed by atoms with Crippen molar-refractivity contribution in [2.45, 2.75) is 26.2 Å². The van der Waals surface area contributed by atoms with Gasteiger partial charge in [-0.3, -0.25) is 9.59 Å². The molecule has 1 amide bonds. The molecule has 1 aliphatic carbocycles.